The molecule has 0 fully saturated rings. The zero-order chi connectivity index (χ0) is 5.86. The van der Waals surface area contributed by atoms with Crippen LogP contribution in [-0.4, -0.2) is 17.0 Å². The van der Waals surface area contributed by atoms with Crippen LogP contribution >= 0.6 is 0 Å². The molecule has 0 rings (SSSR count). The first-order valence-electron chi connectivity index (χ1n) is 1.59. The second-order valence-corrected chi connectivity index (χ2v) is 0.994. The molecule has 2 N–H and O–H groups in total. The smallest absolute Gasteiger partial charge is 0.309 e. The maximum atomic E-state index is 9.54. The minimum absolute atomic E-state index is 0. The summed E-state index contributed by atoms with van der Waals surface area (Å²) >= 11 is 0. The molecule has 0 aromatic rings. The van der Waals surface area contributed by atoms with E-state index < -0.39 is 18.3 Å². The molecule has 1 amide bonds. The normalized spacial score (nSPS) is 7.00. The Hall–Kier alpha value is -0.372. The molecule has 0 aliphatic carbocycles. The van der Waals surface area contributed by atoms with E-state index in [0.29, 0.717) is 0 Å². The van der Waals surface area contributed by atoms with Gasteiger partial charge in [-0.3, -0.25) is 4.79 Å². The molecule has 0 aliphatic heterocycles. The van der Waals surface area contributed by atoms with Crippen molar-refractivity contribution in [3.8, 4) is 0 Å². The second kappa shape index (κ2) is 4.78. The minimum atomic E-state index is -1.25. The zero-order valence-corrected chi connectivity index (χ0v) is 6.81. The fourth-order valence-electron chi connectivity index (χ4n) is 0.137. The number of hydrogen-bond acceptors (Lipinski definition) is 2. The third-order valence-electron chi connectivity index (χ3n) is 0.312. The van der Waals surface area contributed by atoms with Gasteiger partial charge in [0.2, 0.25) is 0 Å². The van der Waals surface area contributed by atoms with E-state index in [4.69, 9.17) is 10.8 Å². The maximum absolute atomic E-state index is 9.54. The molecule has 8 heavy (non-hydrogen) atoms. The number of carbonyl (C=O) groups is 2. The van der Waals surface area contributed by atoms with Crippen LogP contribution < -0.4 is 0 Å². The predicted octanol–water partition coefficient (Wildman–Crippen LogP) is 0.0374. The van der Waals surface area contributed by atoms with Crippen LogP contribution in [0.4, 0.5) is 0 Å². The van der Waals surface area contributed by atoms with Crippen LogP contribution in [0.2, 0.25) is 0 Å². The number of aliphatic carboxylic acids is 1. The zero-order valence-electron chi connectivity index (χ0n) is 3.88. The SMILES string of the molecule is [NH-]C(=O)CC(=O)O.[W]. The molecule has 0 unspecified atom stereocenters. The van der Waals surface area contributed by atoms with Gasteiger partial charge in [0, 0.05) is 21.1 Å². The Kier molecular flexibility index (Phi) is 6.32. The van der Waals surface area contributed by atoms with Gasteiger partial charge in [0.05, 0.1) is 12.3 Å². The van der Waals surface area contributed by atoms with Crippen LogP contribution in [-0.2, 0) is 30.7 Å². The molecule has 0 aromatic carbocycles. The van der Waals surface area contributed by atoms with Crippen molar-refractivity contribution in [2.45, 2.75) is 6.42 Å². The second-order valence-electron chi connectivity index (χ2n) is 0.994. The summed E-state index contributed by atoms with van der Waals surface area (Å²) in [7, 11) is 0. The largest absolute Gasteiger partial charge is 0.667 e. The Balaban J connectivity index is 0. The predicted molar refractivity (Wildman–Crippen MR) is 21.6 cm³/mol. The van der Waals surface area contributed by atoms with Gasteiger partial charge in [-0.05, 0) is 0 Å². The van der Waals surface area contributed by atoms with Crippen molar-refractivity contribution in [3.05, 3.63) is 5.73 Å². The van der Waals surface area contributed by atoms with E-state index in [2.05, 4.69) is 0 Å². The fourth-order valence-corrected chi connectivity index (χ4v) is 0.137. The van der Waals surface area contributed by atoms with E-state index in [1.54, 1.807) is 0 Å². The van der Waals surface area contributed by atoms with Crippen LogP contribution in [0, 0.1) is 0 Å². The minimum Gasteiger partial charge on any atom is -0.667 e. The van der Waals surface area contributed by atoms with Gasteiger partial charge >= 0.3 is 5.97 Å². The number of nitrogens with one attached hydrogen (secondary N) is 1. The summed E-state index contributed by atoms with van der Waals surface area (Å²) in [5.74, 6) is -2.31. The number of carboxylic acid groups (broad SMARTS) is 1. The van der Waals surface area contributed by atoms with Gasteiger partial charge in [-0.25, -0.2) is 0 Å². The van der Waals surface area contributed by atoms with Crippen LogP contribution in [0.3, 0.4) is 0 Å². The molecule has 0 aliphatic rings. The van der Waals surface area contributed by atoms with Crippen LogP contribution in [0.5, 0.6) is 0 Å². The van der Waals surface area contributed by atoms with Gasteiger partial charge in [-0.2, -0.15) is 0 Å². The topological polar surface area (TPSA) is 78.2 Å². The van der Waals surface area contributed by atoms with E-state index in [1.807, 2.05) is 0 Å². The van der Waals surface area contributed by atoms with E-state index >= 15 is 0 Å². The molecule has 0 saturated carbocycles. The van der Waals surface area contributed by atoms with Crippen molar-refractivity contribution in [2.24, 2.45) is 0 Å². The Morgan fingerprint density at radius 2 is 1.88 bits per heavy atom. The molecular formula is C3H4NO3W-. The number of rotatable bonds is 2. The van der Waals surface area contributed by atoms with Crippen molar-refractivity contribution < 1.29 is 35.8 Å². The van der Waals surface area contributed by atoms with Crippen molar-refractivity contribution >= 4 is 11.9 Å². The van der Waals surface area contributed by atoms with Crippen LogP contribution in [0.25, 0.3) is 5.73 Å². The van der Waals surface area contributed by atoms with Gasteiger partial charge in [-0.15, -0.1) is 0 Å². The van der Waals surface area contributed by atoms with Gasteiger partial charge < -0.3 is 15.6 Å². The Bertz CT molecular complexity index is 90.7. The summed E-state index contributed by atoms with van der Waals surface area (Å²) in [6.45, 7) is 0. The van der Waals surface area contributed by atoms with E-state index in [0.717, 1.165) is 0 Å². The van der Waals surface area contributed by atoms with Crippen molar-refractivity contribution in [1.82, 2.24) is 0 Å². The summed E-state index contributed by atoms with van der Waals surface area (Å²) in [5.41, 5.74) is 6.09. The Morgan fingerprint density at radius 1 is 1.50 bits per heavy atom. The maximum Gasteiger partial charge on any atom is 0.309 e. The number of amides is 1. The fraction of sp³-hybridized carbons (Fsp3) is 0.333. The number of carboxylic acids is 1. The van der Waals surface area contributed by atoms with Crippen molar-refractivity contribution in [1.29, 1.82) is 0 Å². The first kappa shape index (κ1) is 10.6. The summed E-state index contributed by atoms with van der Waals surface area (Å²) in [5, 5.41) is 7.74. The Morgan fingerprint density at radius 3 is 1.88 bits per heavy atom. The summed E-state index contributed by atoms with van der Waals surface area (Å²) in [6.07, 6.45) is -0.694. The van der Waals surface area contributed by atoms with Gasteiger partial charge in [0.15, 0.2) is 0 Å². The van der Waals surface area contributed by atoms with Crippen molar-refractivity contribution in [3.63, 3.8) is 0 Å². The van der Waals surface area contributed by atoms with Crippen molar-refractivity contribution in [2.75, 3.05) is 0 Å². The van der Waals surface area contributed by atoms with Crippen LogP contribution in [0.1, 0.15) is 6.42 Å². The molecule has 0 radical (unpaired) electrons. The van der Waals surface area contributed by atoms with Gasteiger partial charge in [-0.1, -0.05) is 0 Å². The standard InChI is InChI=1S/C3H5NO3.W/c4-2(5)1-3(6)7;/h1H2,(H3,4,5,6,7);/p-1. The van der Waals surface area contributed by atoms with Gasteiger partial charge in [0.1, 0.15) is 0 Å². The number of carbonyl (C=O) groups excluding carboxylic acids is 1. The Labute approximate surface area is 60.3 Å². The molecule has 0 aromatic heterocycles. The summed E-state index contributed by atoms with van der Waals surface area (Å²) < 4.78 is 0. The van der Waals surface area contributed by atoms with E-state index in [-0.39, 0.29) is 21.1 Å². The third kappa shape index (κ3) is 9.16. The van der Waals surface area contributed by atoms with Gasteiger partial charge in [0.25, 0.3) is 0 Å². The third-order valence-corrected chi connectivity index (χ3v) is 0.312. The summed E-state index contributed by atoms with van der Waals surface area (Å²) in [6, 6.07) is 0. The molecule has 46 valence electrons. The molecule has 0 bridgehead atoms. The summed E-state index contributed by atoms with van der Waals surface area (Å²) in [4.78, 5) is 19.0. The molecule has 0 heterocycles. The molecule has 4 nitrogen and oxygen atoms in total. The first-order chi connectivity index (χ1) is 3.13. The first-order valence-corrected chi connectivity index (χ1v) is 1.59. The molecule has 0 spiro atoms. The quantitative estimate of drug-likeness (QED) is 0.728. The molecule has 5 heteroatoms. The average molecular weight is 286 g/mol. The average Bonchev–Trinajstić information content (AvgIpc) is 1.27. The van der Waals surface area contributed by atoms with E-state index in [9.17, 15) is 9.59 Å². The van der Waals surface area contributed by atoms with Crippen LogP contribution in [0.15, 0.2) is 0 Å². The molecular weight excluding hydrogens is 282 g/mol. The molecule has 0 saturated heterocycles. The monoisotopic (exact) mass is 286 g/mol. The van der Waals surface area contributed by atoms with E-state index in [1.165, 1.54) is 0 Å². The molecule has 0 atom stereocenters. The number of hydrogen-bond donors (Lipinski definition) is 1.